The molecule has 30 heavy (non-hydrogen) atoms. The zero-order chi connectivity index (χ0) is 20.7. The minimum Gasteiger partial charge on any atom is -0.388 e. The number of hydrogen-bond acceptors (Lipinski definition) is 4. The second-order valence-electron chi connectivity index (χ2n) is 8.67. The van der Waals surface area contributed by atoms with Crippen LogP contribution < -0.4 is 5.32 Å². The van der Waals surface area contributed by atoms with Crippen molar-refractivity contribution in [1.82, 2.24) is 15.1 Å². The fourth-order valence-corrected chi connectivity index (χ4v) is 3.94. The van der Waals surface area contributed by atoms with Crippen molar-refractivity contribution in [2.24, 2.45) is 4.99 Å². The van der Waals surface area contributed by atoms with Gasteiger partial charge in [0.25, 0.3) is 0 Å². The Bertz CT molecular complexity index is 652. The Kier molecular flexibility index (Phi) is 10.3. The molecule has 0 spiro atoms. The molecule has 3 rings (SSSR count). The quantitative estimate of drug-likeness (QED) is 0.337. The summed E-state index contributed by atoms with van der Waals surface area (Å²) in [6, 6.07) is 9.05. The molecule has 2 saturated heterocycles. The van der Waals surface area contributed by atoms with Gasteiger partial charge in [0.15, 0.2) is 5.96 Å². The summed E-state index contributed by atoms with van der Waals surface area (Å²) in [5.74, 6) is 1.50. The SMILES string of the molecule is CCNC(=NCC1(O)CCOCC1)N1CCN(Cc2ccc(C(C)C)cc2)CC1.I. The molecule has 0 bridgehead atoms. The van der Waals surface area contributed by atoms with Crippen molar-refractivity contribution >= 4 is 29.9 Å². The molecule has 0 aromatic heterocycles. The summed E-state index contributed by atoms with van der Waals surface area (Å²) in [6.45, 7) is 14.0. The summed E-state index contributed by atoms with van der Waals surface area (Å²) < 4.78 is 5.37. The number of hydrogen-bond donors (Lipinski definition) is 2. The molecule has 2 heterocycles. The minimum absolute atomic E-state index is 0. The third-order valence-corrected chi connectivity index (χ3v) is 6.01. The van der Waals surface area contributed by atoms with Crippen molar-refractivity contribution in [2.75, 3.05) is 52.5 Å². The van der Waals surface area contributed by atoms with E-state index in [2.05, 4.69) is 60.2 Å². The smallest absolute Gasteiger partial charge is 0.194 e. The fraction of sp³-hybridized carbons (Fsp3) is 0.696. The number of nitrogens with one attached hydrogen (secondary N) is 1. The van der Waals surface area contributed by atoms with Gasteiger partial charge in [-0.1, -0.05) is 38.1 Å². The summed E-state index contributed by atoms with van der Waals surface area (Å²) in [5, 5.41) is 14.1. The predicted molar refractivity (Wildman–Crippen MR) is 134 cm³/mol. The van der Waals surface area contributed by atoms with E-state index in [1.165, 1.54) is 11.1 Å². The highest BCUT2D eigenvalue weighted by atomic mass is 127. The van der Waals surface area contributed by atoms with Crippen LogP contribution in [-0.4, -0.2) is 78.9 Å². The molecule has 170 valence electrons. The average molecular weight is 530 g/mol. The summed E-state index contributed by atoms with van der Waals surface area (Å²) in [5.41, 5.74) is 2.06. The van der Waals surface area contributed by atoms with E-state index in [9.17, 15) is 5.11 Å². The van der Waals surface area contributed by atoms with Crippen LogP contribution in [0.4, 0.5) is 0 Å². The molecule has 0 amide bonds. The molecule has 0 radical (unpaired) electrons. The molecule has 7 heteroatoms. The van der Waals surface area contributed by atoms with E-state index < -0.39 is 5.60 Å². The van der Waals surface area contributed by atoms with Crippen molar-refractivity contribution in [1.29, 1.82) is 0 Å². The normalized spacial score (nSPS) is 20.2. The van der Waals surface area contributed by atoms with Crippen LogP contribution in [-0.2, 0) is 11.3 Å². The fourth-order valence-electron chi connectivity index (χ4n) is 3.94. The van der Waals surface area contributed by atoms with Gasteiger partial charge in [-0.25, -0.2) is 0 Å². The lowest BCUT2D eigenvalue weighted by Crippen LogP contribution is -2.52. The molecule has 0 unspecified atom stereocenters. The second kappa shape index (κ2) is 12.2. The largest absolute Gasteiger partial charge is 0.388 e. The first kappa shape index (κ1) is 25.4. The third-order valence-electron chi connectivity index (χ3n) is 6.01. The Balaban J connectivity index is 0.00000320. The molecule has 2 aliphatic heterocycles. The highest BCUT2D eigenvalue weighted by Gasteiger charge is 2.30. The van der Waals surface area contributed by atoms with Gasteiger partial charge >= 0.3 is 0 Å². The summed E-state index contributed by atoms with van der Waals surface area (Å²) >= 11 is 0. The Morgan fingerprint density at radius 2 is 1.77 bits per heavy atom. The monoisotopic (exact) mass is 530 g/mol. The summed E-state index contributed by atoms with van der Waals surface area (Å²) in [7, 11) is 0. The second-order valence-corrected chi connectivity index (χ2v) is 8.67. The van der Waals surface area contributed by atoms with E-state index in [0.717, 1.165) is 45.2 Å². The van der Waals surface area contributed by atoms with E-state index in [0.29, 0.717) is 38.5 Å². The van der Waals surface area contributed by atoms with Gasteiger partial charge in [-0.2, -0.15) is 0 Å². The van der Waals surface area contributed by atoms with Gasteiger partial charge in [0.05, 0.1) is 12.1 Å². The van der Waals surface area contributed by atoms with E-state index >= 15 is 0 Å². The van der Waals surface area contributed by atoms with Crippen LogP contribution in [0, 0.1) is 0 Å². The molecule has 2 fully saturated rings. The number of halogens is 1. The van der Waals surface area contributed by atoms with Crippen LogP contribution in [0.25, 0.3) is 0 Å². The Morgan fingerprint density at radius 1 is 1.13 bits per heavy atom. The number of nitrogens with zero attached hydrogens (tertiary/aromatic N) is 3. The molecular formula is C23H39IN4O2. The minimum atomic E-state index is -0.719. The lowest BCUT2D eigenvalue weighted by Gasteiger charge is -2.37. The van der Waals surface area contributed by atoms with Gasteiger partial charge in [0.2, 0.25) is 0 Å². The van der Waals surface area contributed by atoms with Crippen LogP contribution in [0.15, 0.2) is 29.3 Å². The van der Waals surface area contributed by atoms with Crippen LogP contribution in [0.5, 0.6) is 0 Å². The van der Waals surface area contributed by atoms with Gasteiger partial charge in [-0.3, -0.25) is 9.89 Å². The first-order valence-electron chi connectivity index (χ1n) is 11.1. The number of piperazine rings is 1. The van der Waals surface area contributed by atoms with E-state index in [1.807, 2.05) is 0 Å². The molecule has 6 nitrogen and oxygen atoms in total. The van der Waals surface area contributed by atoms with E-state index in [1.54, 1.807) is 0 Å². The molecule has 0 aliphatic carbocycles. The summed E-state index contributed by atoms with van der Waals surface area (Å²) in [4.78, 5) is 9.61. The number of ether oxygens (including phenoxy) is 1. The van der Waals surface area contributed by atoms with Crippen molar-refractivity contribution in [3.05, 3.63) is 35.4 Å². The predicted octanol–water partition coefficient (Wildman–Crippen LogP) is 3.05. The van der Waals surface area contributed by atoms with E-state index in [4.69, 9.17) is 9.73 Å². The summed E-state index contributed by atoms with van der Waals surface area (Å²) in [6.07, 6.45) is 1.33. The van der Waals surface area contributed by atoms with Crippen molar-refractivity contribution in [3.63, 3.8) is 0 Å². The lowest BCUT2D eigenvalue weighted by atomic mass is 9.95. The van der Waals surface area contributed by atoms with Crippen LogP contribution in [0.2, 0.25) is 0 Å². The number of benzene rings is 1. The highest BCUT2D eigenvalue weighted by Crippen LogP contribution is 2.21. The standard InChI is InChI=1S/C23H38N4O2.HI/c1-4-24-22(25-18-23(28)9-15-29-16-10-23)27-13-11-26(12-14-27)17-20-5-7-21(8-6-20)19(2)3;/h5-8,19,28H,4,9-18H2,1-3H3,(H,24,25);1H. The van der Waals surface area contributed by atoms with Gasteiger partial charge < -0.3 is 20.1 Å². The maximum atomic E-state index is 10.7. The molecule has 0 atom stereocenters. The topological polar surface area (TPSA) is 60.3 Å². The van der Waals surface area contributed by atoms with Crippen LogP contribution in [0.3, 0.4) is 0 Å². The van der Waals surface area contributed by atoms with Gasteiger partial charge in [0.1, 0.15) is 0 Å². The van der Waals surface area contributed by atoms with Crippen LogP contribution in [0.1, 0.15) is 50.7 Å². The van der Waals surface area contributed by atoms with Crippen molar-refractivity contribution in [2.45, 2.75) is 51.7 Å². The molecule has 2 N–H and O–H groups in total. The van der Waals surface area contributed by atoms with Crippen molar-refractivity contribution < 1.29 is 9.84 Å². The van der Waals surface area contributed by atoms with E-state index in [-0.39, 0.29) is 24.0 Å². The van der Waals surface area contributed by atoms with Crippen molar-refractivity contribution in [3.8, 4) is 0 Å². The van der Waals surface area contributed by atoms with Crippen LogP contribution >= 0.6 is 24.0 Å². The zero-order valence-electron chi connectivity index (χ0n) is 18.8. The molecule has 1 aromatic carbocycles. The van der Waals surface area contributed by atoms with Gasteiger partial charge in [0, 0.05) is 65.3 Å². The Labute approximate surface area is 199 Å². The maximum Gasteiger partial charge on any atom is 0.194 e. The molecule has 2 aliphatic rings. The average Bonchev–Trinajstić information content (AvgIpc) is 2.73. The Morgan fingerprint density at radius 3 is 2.33 bits per heavy atom. The molecule has 0 saturated carbocycles. The first-order valence-corrected chi connectivity index (χ1v) is 11.1. The molecular weight excluding hydrogens is 491 g/mol. The Hall–Kier alpha value is -0.900. The number of guanidine groups is 1. The number of aliphatic imine (C=N–C) groups is 1. The zero-order valence-corrected chi connectivity index (χ0v) is 21.1. The third kappa shape index (κ3) is 7.35. The molecule has 1 aromatic rings. The number of aliphatic hydroxyl groups is 1. The first-order chi connectivity index (χ1) is 14.0. The highest BCUT2D eigenvalue weighted by molar-refractivity contribution is 14.0. The van der Waals surface area contributed by atoms with Gasteiger partial charge in [-0.05, 0) is 24.0 Å². The lowest BCUT2D eigenvalue weighted by molar-refractivity contribution is -0.0567. The van der Waals surface area contributed by atoms with Gasteiger partial charge in [-0.15, -0.1) is 24.0 Å². The number of rotatable bonds is 6. The maximum absolute atomic E-state index is 10.7.